The highest BCUT2D eigenvalue weighted by atomic mass is 16.5. The van der Waals surface area contributed by atoms with Crippen LogP contribution in [0.5, 0.6) is 17.2 Å². The van der Waals surface area contributed by atoms with Crippen LogP contribution in [-0.2, 0) is 11.4 Å². The highest BCUT2D eigenvalue weighted by molar-refractivity contribution is 5.69. The maximum atomic E-state index is 10.9. The molecule has 2 aromatic carbocycles. The average Bonchev–Trinajstić information content (AvgIpc) is 2.45. The van der Waals surface area contributed by atoms with Crippen LogP contribution in [0.4, 0.5) is 0 Å². The summed E-state index contributed by atoms with van der Waals surface area (Å²) in [5, 5.41) is 0. The van der Waals surface area contributed by atoms with Gasteiger partial charge in [0.1, 0.15) is 23.9 Å². The van der Waals surface area contributed by atoms with Crippen molar-refractivity contribution in [2.24, 2.45) is 0 Å². The highest BCUT2D eigenvalue weighted by Crippen LogP contribution is 2.21. The molecule has 0 radical (unpaired) electrons. The molecule has 0 aliphatic heterocycles. The summed E-state index contributed by atoms with van der Waals surface area (Å²) in [5.74, 6) is 1.59. The van der Waals surface area contributed by atoms with Crippen molar-refractivity contribution >= 4 is 5.97 Å². The molecule has 4 heteroatoms. The second kappa shape index (κ2) is 6.61. The van der Waals surface area contributed by atoms with E-state index in [1.807, 2.05) is 30.3 Å². The van der Waals surface area contributed by atoms with Crippen LogP contribution >= 0.6 is 0 Å². The van der Waals surface area contributed by atoms with Gasteiger partial charge in [0.15, 0.2) is 0 Å². The van der Waals surface area contributed by atoms with E-state index in [1.165, 1.54) is 6.92 Å². The molecule has 0 saturated carbocycles. The van der Waals surface area contributed by atoms with E-state index in [9.17, 15) is 4.79 Å². The topological polar surface area (TPSA) is 44.8 Å². The molecular formula is C16H16O4. The second-order valence-corrected chi connectivity index (χ2v) is 4.21. The van der Waals surface area contributed by atoms with Crippen LogP contribution in [0.25, 0.3) is 0 Å². The third-order valence-corrected chi connectivity index (χ3v) is 2.63. The Kier molecular flexibility index (Phi) is 4.60. The van der Waals surface area contributed by atoms with Gasteiger partial charge in [-0.1, -0.05) is 18.2 Å². The van der Waals surface area contributed by atoms with Crippen molar-refractivity contribution in [1.82, 2.24) is 0 Å². The molecule has 0 bridgehead atoms. The van der Waals surface area contributed by atoms with Gasteiger partial charge in [0.2, 0.25) is 0 Å². The van der Waals surface area contributed by atoms with Crippen LogP contribution in [0.3, 0.4) is 0 Å². The minimum absolute atomic E-state index is 0.350. The van der Waals surface area contributed by atoms with Crippen molar-refractivity contribution in [3.8, 4) is 17.2 Å². The van der Waals surface area contributed by atoms with Gasteiger partial charge in [0, 0.05) is 13.0 Å². The van der Waals surface area contributed by atoms with Gasteiger partial charge in [0.05, 0.1) is 7.11 Å². The van der Waals surface area contributed by atoms with E-state index in [2.05, 4.69) is 0 Å². The second-order valence-electron chi connectivity index (χ2n) is 4.21. The fraction of sp³-hybridized carbons (Fsp3) is 0.188. The SMILES string of the molecule is COc1ccc(COc2cccc(OC(C)=O)c2)cc1. The third-order valence-electron chi connectivity index (χ3n) is 2.63. The Hall–Kier alpha value is -2.49. The molecule has 0 amide bonds. The zero-order valence-electron chi connectivity index (χ0n) is 11.5. The van der Waals surface area contributed by atoms with Crippen LogP contribution in [-0.4, -0.2) is 13.1 Å². The number of benzene rings is 2. The molecule has 0 unspecified atom stereocenters. The van der Waals surface area contributed by atoms with E-state index < -0.39 is 0 Å². The fourth-order valence-corrected chi connectivity index (χ4v) is 1.68. The molecule has 0 N–H and O–H groups in total. The first-order valence-corrected chi connectivity index (χ1v) is 6.21. The predicted molar refractivity (Wildman–Crippen MR) is 75.1 cm³/mol. The molecule has 0 aromatic heterocycles. The van der Waals surface area contributed by atoms with Crippen molar-refractivity contribution < 1.29 is 19.0 Å². The zero-order valence-corrected chi connectivity index (χ0v) is 11.5. The van der Waals surface area contributed by atoms with Crippen LogP contribution in [0.2, 0.25) is 0 Å². The zero-order chi connectivity index (χ0) is 14.4. The predicted octanol–water partition coefficient (Wildman–Crippen LogP) is 3.20. The van der Waals surface area contributed by atoms with E-state index in [1.54, 1.807) is 25.3 Å². The largest absolute Gasteiger partial charge is 0.497 e. The third kappa shape index (κ3) is 4.02. The Labute approximate surface area is 117 Å². The normalized spacial score (nSPS) is 9.90. The summed E-state index contributed by atoms with van der Waals surface area (Å²) >= 11 is 0. The van der Waals surface area contributed by atoms with Crippen molar-refractivity contribution in [1.29, 1.82) is 0 Å². The van der Waals surface area contributed by atoms with Gasteiger partial charge in [-0.15, -0.1) is 0 Å². The van der Waals surface area contributed by atoms with Gasteiger partial charge >= 0.3 is 5.97 Å². The molecular weight excluding hydrogens is 256 g/mol. The lowest BCUT2D eigenvalue weighted by Crippen LogP contribution is -2.01. The number of methoxy groups -OCH3 is 1. The van der Waals surface area contributed by atoms with E-state index in [4.69, 9.17) is 14.2 Å². The fourth-order valence-electron chi connectivity index (χ4n) is 1.68. The number of esters is 1. The summed E-state index contributed by atoms with van der Waals surface area (Å²) in [6.07, 6.45) is 0. The lowest BCUT2D eigenvalue weighted by molar-refractivity contribution is -0.131. The van der Waals surface area contributed by atoms with Gasteiger partial charge in [-0.2, -0.15) is 0 Å². The van der Waals surface area contributed by atoms with Gasteiger partial charge < -0.3 is 14.2 Å². The molecule has 0 aliphatic carbocycles. The van der Waals surface area contributed by atoms with Crippen molar-refractivity contribution in [2.45, 2.75) is 13.5 Å². The summed E-state index contributed by atoms with van der Waals surface area (Å²) in [6.45, 7) is 1.80. The Bertz CT molecular complexity index is 575. The molecule has 0 atom stereocenters. The molecule has 20 heavy (non-hydrogen) atoms. The number of rotatable bonds is 5. The molecule has 0 heterocycles. The van der Waals surface area contributed by atoms with Crippen LogP contribution in [0.15, 0.2) is 48.5 Å². The first-order chi connectivity index (χ1) is 9.67. The molecule has 0 saturated heterocycles. The molecule has 2 aromatic rings. The summed E-state index contributed by atoms with van der Waals surface area (Å²) in [6, 6.07) is 14.6. The standard InChI is InChI=1S/C16H16O4/c1-12(17)20-16-5-3-4-15(10-16)19-11-13-6-8-14(18-2)9-7-13/h3-10H,11H2,1-2H3. The van der Waals surface area contributed by atoms with Crippen molar-refractivity contribution in [3.05, 3.63) is 54.1 Å². The van der Waals surface area contributed by atoms with Crippen LogP contribution in [0.1, 0.15) is 12.5 Å². The van der Waals surface area contributed by atoms with Crippen molar-refractivity contribution in [3.63, 3.8) is 0 Å². The maximum absolute atomic E-state index is 10.9. The molecule has 104 valence electrons. The number of carbonyl (C=O) groups excluding carboxylic acids is 1. The number of carbonyl (C=O) groups is 1. The number of hydrogen-bond donors (Lipinski definition) is 0. The Morgan fingerprint density at radius 1 is 1.00 bits per heavy atom. The van der Waals surface area contributed by atoms with E-state index >= 15 is 0 Å². The van der Waals surface area contributed by atoms with E-state index in [0.717, 1.165) is 11.3 Å². The Morgan fingerprint density at radius 3 is 2.35 bits per heavy atom. The quantitative estimate of drug-likeness (QED) is 0.619. The minimum atomic E-state index is -0.350. The first-order valence-electron chi connectivity index (χ1n) is 6.21. The summed E-state index contributed by atoms with van der Waals surface area (Å²) in [4.78, 5) is 10.9. The van der Waals surface area contributed by atoms with Gasteiger partial charge in [-0.3, -0.25) is 4.79 Å². The Morgan fingerprint density at radius 2 is 1.70 bits per heavy atom. The first kappa shape index (κ1) is 13.9. The molecule has 2 rings (SSSR count). The van der Waals surface area contributed by atoms with Gasteiger partial charge in [0.25, 0.3) is 0 Å². The minimum Gasteiger partial charge on any atom is -0.497 e. The molecule has 0 spiro atoms. The monoisotopic (exact) mass is 272 g/mol. The lowest BCUT2D eigenvalue weighted by atomic mass is 10.2. The lowest BCUT2D eigenvalue weighted by Gasteiger charge is -2.08. The smallest absolute Gasteiger partial charge is 0.308 e. The van der Waals surface area contributed by atoms with Crippen LogP contribution in [0, 0.1) is 0 Å². The maximum Gasteiger partial charge on any atom is 0.308 e. The highest BCUT2D eigenvalue weighted by Gasteiger charge is 2.01. The average molecular weight is 272 g/mol. The van der Waals surface area contributed by atoms with E-state index in [0.29, 0.717) is 18.1 Å². The van der Waals surface area contributed by atoms with Crippen molar-refractivity contribution in [2.75, 3.05) is 7.11 Å². The molecule has 0 fully saturated rings. The Balaban J connectivity index is 1.97. The molecule has 4 nitrogen and oxygen atoms in total. The van der Waals surface area contributed by atoms with Gasteiger partial charge in [-0.05, 0) is 29.8 Å². The van der Waals surface area contributed by atoms with E-state index in [-0.39, 0.29) is 5.97 Å². The van der Waals surface area contributed by atoms with Crippen LogP contribution < -0.4 is 14.2 Å². The summed E-state index contributed by atoms with van der Waals surface area (Å²) in [7, 11) is 1.63. The van der Waals surface area contributed by atoms with Gasteiger partial charge in [-0.25, -0.2) is 0 Å². The summed E-state index contributed by atoms with van der Waals surface area (Å²) in [5.41, 5.74) is 1.03. The molecule has 0 aliphatic rings. The summed E-state index contributed by atoms with van der Waals surface area (Å²) < 4.78 is 15.8. The number of ether oxygens (including phenoxy) is 3. The number of hydrogen-bond acceptors (Lipinski definition) is 4.